The molecule has 0 aliphatic carbocycles. The molecule has 0 saturated carbocycles. The highest BCUT2D eigenvalue weighted by Gasteiger charge is 2.27. The number of aliphatic imine (C=N–C) groups is 1. The number of carboxylic acid groups (broad SMARTS) is 1. The van der Waals surface area contributed by atoms with Crippen molar-refractivity contribution in [2.45, 2.75) is 19.0 Å². The molecule has 1 aromatic carbocycles. The van der Waals surface area contributed by atoms with Gasteiger partial charge in [0.1, 0.15) is 16.8 Å². The van der Waals surface area contributed by atoms with Crippen LogP contribution in [0.15, 0.2) is 23.2 Å². The second-order valence-corrected chi connectivity index (χ2v) is 6.72. The first-order chi connectivity index (χ1) is 10.4. The first kappa shape index (κ1) is 17.2. The number of aryl methyl sites for hydroxylation is 1. The number of rotatable bonds is 6. The van der Waals surface area contributed by atoms with Gasteiger partial charge in [-0.05, 0) is 25.6 Å². The van der Waals surface area contributed by atoms with Crippen LogP contribution >= 0.6 is 24.4 Å². The Morgan fingerprint density at radius 3 is 2.95 bits per heavy atom. The summed E-state index contributed by atoms with van der Waals surface area (Å²) in [6.45, 7) is 2.41. The Morgan fingerprint density at radius 1 is 1.59 bits per heavy atom. The van der Waals surface area contributed by atoms with Crippen molar-refractivity contribution in [2.24, 2.45) is 4.99 Å². The van der Waals surface area contributed by atoms with Crippen LogP contribution in [0.2, 0.25) is 0 Å². The number of likely N-dealkylation sites (N-methyl/N-ethyl adjacent to an activating group) is 1. The van der Waals surface area contributed by atoms with Gasteiger partial charge >= 0.3 is 5.97 Å². The molecule has 5 nitrogen and oxygen atoms in total. The number of para-hydroxylation sites is 1. The van der Waals surface area contributed by atoms with Crippen LogP contribution in [-0.2, 0) is 4.79 Å². The molecule has 1 aliphatic rings. The number of aliphatic carboxylic acids is 1. The Hall–Kier alpha value is -1.18. The summed E-state index contributed by atoms with van der Waals surface area (Å²) >= 11 is 5.69. The van der Waals surface area contributed by atoms with E-state index in [0.717, 1.165) is 21.9 Å². The first-order valence-electron chi connectivity index (χ1n) is 6.97. The van der Waals surface area contributed by atoms with Crippen molar-refractivity contribution in [3.63, 3.8) is 0 Å². The minimum Gasteiger partial charge on any atom is -0.507 e. The Labute approximate surface area is 139 Å². The summed E-state index contributed by atoms with van der Waals surface area (Å²) in [6, 6.07) is 5.02. The van der Waals surface area contributed by atoms with Crippen LogP contribution in [0.3, 0.4) is 0 Å². The van der Waals surface area contributed by atoms with Crippen LogP contribution < -0.4 is 0 Å². The summed E-state index contributed by atoms with van der Waals surface area (Å²) in [4.78, 5) is 17.6. The molecule has 0 radical (unpaired) electrons. The summed E-state index contributed by atoms with van der Waals surface area (Å²) in [5.74, 6) is 0.442. The fraction of sp³-hybridized carbons (Fsp3) is 0.467. The number of hydrogen-bond donors (Lipinski definition) is 3. The van der Waals surface area contributed by atoms with Crippen LogP contribution in [0.5, 0.6) is 5.75 Å². The summed E-state index contributed by atoms with van der Waals surface area (Å²) in [5, 5.41) is 20.1. The summed E-state index contributed by atoms with van der Waals surface area (Å²) in [6.07, 6.45) is 0. The standard InChI is InChI=1S/C15H20N2O3S2/c1-9-4-3-5-11(13(9)18)14-16-10(8-22-14)6-17(2)12(7-21)15(19)20/h3-5,10,12,18,21H,6-8H2,1-2H3,(H,19,20)/t10-,12-/m1/s1. The van der Waals surface area contributed by atoms with Crippen molar-refractivity contribution in [1.29, 1.82) is 0 Å². The minimum atomic E-state index is -0.872. The molecule has 2 rings (SSSR count). The smallest absolute Gasteiger partial charge is 0.321 e. The summed E-state index contributed by atoms with van der Waals surface area (Å²) < 4.78 is 0. The third-order valence-corrected chi connectivity index (χ3v) is 5.17. The van der Waals surface area contributed by atoms with Gasteiger partial charge in [0, 0.05) is 23.6 Å². The molecule has 0 aromatic heterocycles. The van der Waals surface area contributed by atoms with Gasteiger partial charge in [0.05, 0.1) is 6.04 Å². The summed E-state index contributed by atoms with van der Waals surface area (Å²) in [7, 11) is 1.78. The van der Waals surface area contributed by atoms with E-state index < -0.39 is 12.0 Å². The van der Waals surface area contributed by atoms with Crippen molar-refractivity contribution in [1.82, 2.24) is 4.90 Å². The zero-order chi connectivity index (χ0) is 16.3. The molecule has 22 heavy (non-hydrogen) atoms. The van der Waals surface area contributed by atoms with E-state index in [9.17, 15) is 9.90 Å². The van der Waals surface area contributed by atoms with Gasteiger partial charge in [-0.1, -0.05) is 12.1 Å². The molecular weight excluding hydrogens is 320 g/mol. The molecule has 0 amide bonds. The fourth-order valence-corrected chi connectivity index (χ4v) is 3.86. The molecule has 0 fully saturated rings. The Bertz CT molecular complexity index is 592. The number of thioether (sulfide) groups is 1. The SMILES string of the molecule is Cc1cccc(C2=N[C@H](CN(C)[C@H](CS)C(=O)O)CS2)c1O. The number of nitrogens with zero attached hydrogens (tertiary/aromatic N) is 2. The molecule has 7 heteroatoms. The number of aromatic hydroxyl groups is 1. The van der Waals surface area contributed by atoms with Crippen LogP contribution in [0.1, 0.15) is 11.1 Å². The highest BCUT2D eigenvalue weighted by Crippen LogP contribution is 2.30. The number of hydrogen-bond acceptors (Lipinski definition) is 6. The molecule has 0 saturated heterocycles. The summed E-state index contributed by atoms with van der Waals surface area (Å²) in [5.41, 5.74) is 1.57. The van der Waals surface area contributed by atoms with E-state index in [-0.39, 0.29) is 17.5 Å². The predicted octanol–water partition coefficient (Wildman–Crippen LogP) is 1.88. The van der Waals surface area contributed by atoms with E-state index in [1.807, 2.05) is 25.1 Å². The topological polar surface area (TPSA) is 73.1 Å². The van der Waals surface area contributed by atoms with Crippen LogP contribution in [0, 0.1) is 6.92 Å². The zero-order valence-electron chi connectivity index (χ0n) is 12.6. The van der Waals surface area contributed by atoms with Crippen molar-refractivity contribution < 1.29 is 15.0 Å². The van der Waals surface area contributed by atoms with Crippen LogP contribution in [0.25, 0.3) is 0 Å². The monoisotopic (exact) mass is 340 g/mol. The second-order valence-electron chi connectivity index (χ2n) is 5.35. The maximum atomic E-state index is 11.1. The van der Waals surface area contributed by atoms with Crippen LogP contribution in [0.4, 0.5) is 0 Å². The van der Waals surface area contributed by atoms with Crippen molar-refractivity contribution in [3.8, 4) is 5.75 Å². The molecule has 0 bridgehead atoms. The molecule has 120 valence electrons. The van der Waals surface area contributed by atoms with E-state index in [0.29, 0.717) is 6.54 Å². The number of benzene rings is 1. The van der Waals surface area contributed by atoms with E-state index in [2.05, 4.69) is 17.6 Å². The number of phenols is 1. The van der Waals surface area contributed by atoms with Crippen molar-refractivity contribution in [3.05, 3.63) is 29.3 Å². The molecular formula is C15H20N2O3S2. The molecule has 1 aromatic rings. The van der Waals surface area contributed by atoms with E-state index in [1.165, 1.54) is 0 Å². The number of thiol groups is 1. The Balaban J connectivity index is 2.09. The number of phenolic OH excluding ortho intramolecular Hbond substituents is 1. The van der Waals surface area contributed by atoms with Crippen molar-refractivity contribution >= 4 is 35.4 Å². The highest BCUT2D eigenvalue weighted by atomic mass is 32.2. The maximum absolute atomic E-state index is 11.1. The van der Waals surface area contributed by atoms with Gasteiger partial charge in [0.2, 0.25) is 0 Å². The predicted molar refractivity (Wildman–Crippen MR) is 93.5 cm³/mol. The quantitative estimate of drug-likeness (QED) is 0.690. The maximum Gasteiger partial charge on any atom is 0.321 e. The fourth-order valence-electron chi connectivity index (χ4n) is 2.35. The lowest BCUT2D eigenvalue weighted by Crippen LogP contribution is -2.43. The third kappa shape index (κ3) is 3.77. The average molecular weight is 340 g/mol. The normalized spacial score (nSPS) is 19.3. The lowest BCUT2D eigenvalue weighted by atomic mass is 10.1. The van der Waals surface area contributed by atoms with Gasteiger partial charge in [-0.15, -0.1) is 11.8 Å². The average Bonchev–Trinajstić information content (AvgIpc) is 2.90. The minimum absolute atomic E-state index is 0.0200. The van der Waals surface area contributed by atoms with Gasteiger partial charge in [0.25, 0.3) is 0 Å². The molecule has 2 atom stereocenters. The third-order valence-electron chi connectivity index (χ3n) is 3.67. The van der Waals surface area contributed by atoms with E-state index in [4.69, 9.17) is 5.11 Å². The van der Waals surface area contributed by atoms with Gasteiger partial charge in [-0.3, -0.25) is 14.7 Å². The first-order valence-corrected chi connectivity index (χ1v) is 8.59. The largest absolute Gasteiger partial charge is 0.507 e. The molecule has 2 N–H and O–H groups in total. The Morgan fingerprint density at radius 2 is 2.32 bits per heavy atom. The molecule has 0 spiro atoms. The van der Waals surface area contributed by atoms with Gasteiger partial charge in [0.15, 0.2) is 0 Å². The molecule has 1 heterocycles. The second kappa shape index (κ2) is 7.39. The van der Waals surface area contributed by atoms with Crippen LogP contribution in [-0.4, -0.2) is 63.3 Å². The van der Waals surface area contributed by atoms with Gasteiger partial charge in [-0.2, -0.15) is 12.6 Å². The molecule has 1 aliphatic heterocycles. The zero-order valence-corrected chi connectivity index (χ0v) is 14.3. The number of carboxylic acids is 1. The highest BCUT2D eigenvalue weighted by molar-refractivity contribution is 8.14. The number of carbonyl (C=O) groups is 1. The van der Waals surface area contributed by atoms with Crippen molar-refractivity contribution in [2.75, 3.05) is 25.1 Å². The van der Waals surface area contributed by atoms with Gasteiger partial charge < -0.3 is 10.2 Å². The lowest BCUT2D eigenvalue weighted by molar-refractivity contribution is -0.141. The molecule has 0 unspecified atom stereocenters. The van der Waals surface area contributed by atoms with E-state index >= 15 is 0 Å². The Kier molecular flexibility index (Phi) is 5.77. The van der Waals surface area contributed by atoms with Gasteiger partial charge in [-0.25, -0.2) is 0 Å². The lowest BCUT2D eigenvalue weighted by Gasteiger charge is -2.24. The van der Waals surface area contributed by atoms with E-state index in [1.54, 1.807) is 23.7 Å².